The van der Waals surface area contributed by atoms with E-state index in [2.05, 4.69) is 0 Å². The highest BCUT2D eigenvalue weighted by Crippen LogP contribution is 2.25. The predicted octanol–water partition coefficient (Wildman–Crippen LogP) is 2.93. The number of rotatable bonds is 5. The number of hydrogen-bond donors (Lipinski definition) is 0. The van der Waals surface area contributed by atoms with Crippen molar-refractivity contribution in [3.8, 4) is 0 Å². The van der Waals surface area contributed by atoms with Crippen molar-refractivity contribution < 1.29 is 23.1 Å². The van der Waals surface area contributed by atoms with Gasteiger partial charge in [0.05, 0.1) is 12.2 Å². The van der Waals surface area contributed by atoms with Crippen molar-refractivity contribution in [3.05, 3.63) is 34.9 Å². The zero-order valence-electron chi connectivity index (χ0n) is 10.2. The Morgan fingerprint density at radius 1 is 1.33 bits per heavy atom. The standard InChI is InChI=1S/C13H14F2O3/c1-3-18-13(17)10-5-4-9(6-8(2)16)7-11(10)12(14)15/h4-5,7,12H,3,6H2,1-2H3. The molecule has 98 valence electrons. The third kappa shape index (κ3) is 3.61. The Labute approximate surface area is 104 Å². The lowest BCUT2D eigenvalue weighted by molar-refractivity contribution is -0.116. The zero-order chi connectivity index (χ0) is 13.7. The third-order valence-electron chi connectivity index (χ3n) is 2.30. The quantitative estimate of drug-likeness (QED) is 0.761. The topological polar surface area (TPSA) is 43.4 Å². The zero-order valence-corrected chi connectivity index (χ0v) is 10.2. The van der Waals surface area contributed by atoms with Crippen molar-refractivity contribution >= 4 is 11.8 Å². The molecule has 0 N–H and O–H groups in total. The first-order chi connectivity index (χ1) is 8.45. The highest BCUT2D eigenvalue weighted by atomic mass is 19.3. The van der Waals surface area contributed by atoms with E-state index in [-0.39, 0.29) is 24.4 Å². The molecule has 0 amide bonds. The fourth-order valence-electron chi connectivity index (χ4n) is 1.58. The highest BCUT2D eigenvalue weighted by Gasteiger charge is 2.19. The number of hydrogen-bond acceptors (Lipinski definition) is 3. The van der Waals surface area contributed by atoms with E-state index in [1.807, 2.05) is 0 Å². The molecule has 5 heteroatoms. The van der Waals surface area contributed by atoms with Crippen molar-refractivity contribution in [2.45, 2.75) is 26.7 Å². The van der Waals surface area contributed by atoms with Crippen molar-refractivity contribution in [1.29, 1.82) is 0 Å². The first-order valence-electron chi connectivity index (χ1n) is 5.53. The largest absolute Gasteiger partial charge is 0.462 e. The maximum atomic E-state index is 12.9. The molecule has 0 atom stereocenters. The van der Waals surface area contributed by atoms with Gasteiger partial charge in [-0.25, -0.2) is 13.6 Å². The van der Waals surface area contributed by atoms with Gasteiger partial charge in [0.1, 0.15) is 5.78 Å². The number of halogens is 2. The second-order valence-corrected chi connectivity index (χ2v) is 3.82. The maximum Gasteiger partial charge on any atom is 0.338 e. The Hall–Kier alpha value is -1.78. The van der Waals surface area contributed by atoms with Crippen LogP contribution in [0.3, 0.4) is 0 Å². The molecule has 3 nitrogen and oxygen atoms in total. The molecule has 0 saturated heterocycles. The minimum absolute atomic E-state index is 0.0722. The molecule has 0 aliphatic carbocycles. The van der Waals surface area contributed by atoms with Crippen LogP contribution in [0, 0.1) is 0 Å². The van der Waals surface area contributed by atoms with Gasteiger partial charge in [0.2, 0.25) is 0 Å². The molecule has 1 aromatic carbocycles. The van der Waals surface area contributed by atoms with Gasteiger partial charge >= 0.3 is 5.97 Å². The normalized spacial score (nSPS) is 10.5. The van der Waals surface area contributed by atoms with Crippen molar-refractivity contribution in [2.75, 3.05) is 6.61 Å². The van der Waals surface area contributed by atoms with E-state index >= 15 is 0 Å². The van der Waals surface area contributed by atoms with Crippen LogP contribution in [0.25, 0.3) is 0 Å². The molecule has 0 aliphatic rings. The summed E-state index contributed by atoms with van der Waals surface area (Å²) in [4.78, 5) is 22.4. The number of alkyl halides is 2. The first-order valence-corrected chi connectivity index (χ1v) is 5.53. The van der Waals surface area contributed by atoms with Gasteiger partial charge in [0.25, 0.3) is 6.43 Å². The molecule has 0 fully saturated rings. The number of ether oxygens (including phenoxy) is 1. The van der Waals surface area contributed by atoms with Crippen LogP contribution in [0.2, 0.25) is 0 Å². The molecule has 1 rings (SSSR count). The summed E-state index contributed by atoms with van der Waals surface area (Å²) in [6.07, 6.45) is -2.71. The van der Waals surface area contributed by atoms with Crippen LogP contribution in [0.4, 0.5) is 8.78 Å². The molecule has 0 radical (unpaired) electrons. The molecule has 0 heterocycles. The van der Waals surface area contributed by atoms with E-state index in [0.717, 1.165) is 0 Å². The van der Waals surface area contributed by atoms with Gasteiger partial charge in [-0.2, -0.15) is 0 Å². The lowest BCUT2D eigenvalue weighted by atomic mass is 10.0. The van der Waals surface area contributed by atoms with Crippen LogP contribution >= 0.6 is 0 Å². The van der Waals surface area contributed by atoms with Gasteiger partial charge in [0.15, 0.2) is 0 Å². The van der Waals surface area contributed by atoms with Gasteiger partial charge in [-0.05, 0) is 31.5 Å². The Morgan fingerprint density at radius 2 is 2.00 bits per heavy atom. The average Bonchev–Trinajstić information content (AvgIpc) is 2.28. The molecule has 0 spiro atoms. The summed E-state index contributed by atoms with van der Waals surface area (Å²) < 4.78 is 30.4. The van der Waals surface area contributed by atoms with Gasteiger partial charge < -0.3 is 4.74 Å². The van der Waals surface area contributed by atoms with Crippen LogP contribution in [0.1, 0.15) is 41.8 Å². The lowest BCUT2D eigenvalue weighted by Crippen LogP contribution is -2.09. The van der Waals surface area contributed by atoms with Gasteiger partial charge in [-0.1, -0.05) is 6.07 Å². The van der Waals surface area contributed by atoms with Gasteiger partial charge in [-0.3, -0.25) is 4.79 Å². The van der Waals surface area contributed by atoms with E-state index in [4.69, 9.17) is 4.74 Å². The Morgan fingerprint density at radius 3 is 2.50 bits per heavy atom. The average molecular weight is 256 g/mol. The number of esters is 1. The van der Waals surface area contributed by atoms with E-state index in [1.165, 1.54) is 25.1 Å². The minimum atomic E-state index is -2.78. The van der Waals surface area contributed by atoms with Gasteiger partial charge in [-0.15, -0.1) is 0 Å². The van der Waals surface area contributed by atoms with E-state index in [9.17, 15) is 18.4 Å². The summed E-state index contributed by atoms with van der Waals surface area (Å²) in [6, 6.07) is 3.94. The summed E-state index contributed by atoms with van der Waals surface area (Å²) >= 11 is 0. The molecule has 0 saturated carbocycles. The Balaban J connectivity index is 3.12. The molecule has 0 unspecified atom stereocenters. The number of Topliss-reactive ketones (excluding diaryl/α,β-unsaturated/α-hetero) is 1. The summed E-state index contributed by atoms with van der Waals surface area (Å²) in [7, 11) is 0. The molecule has 0 bridgehead atoms. The van der Waals surface area contributed by atoms with E-state index < -0.39 is 18.0 Å². The van der Waals surface area contributed by atoms with Crippen molar-refractivity contribution in [3.63, 3.8) is 0 Å². The van der Waals surface area contributed by atoms with Crippen molar-refractivity contribution in [1.82, 2.24) is 0 Å². The first kappa shape index (κ1) is 14.3. The molecular weight excluding hydrogens is 242 g/mol. The van der Waals surface area contributed by atoms with Crippen LogP contribution in [-0.2, 0) is 16.0 Å². The summed E-state index contributed by atoms with van der Waals surface area (Å²) in [5, 5.41) is 0. The SMILES string of the molecule is CCOC(=O)c1ccc(CC(C)=O)cc1C(F)F. The number of carbonyl (C=O) groups excluding carboxylic acids is 2. The third-order valence-corrected chi connectivity index (χ3v) is 2.30. The minimum Gasteiger partial charge on any atom is -0.462 e. The molecular formula is C13H14F2O3. The van der Waals surface area contributed by atoms with Crippen molar-refractivity contribution in [2.24, 2.45) is 0 Å². The second kappa shape index (κ2) is 6.23. The van der Waals surface area contributed by atoms with Gasteiger partial charge in [0, 0.05) is 12.0 Å². The van der Waals surface area contributed by atoms with Crippen LogP contribution < -0.4 is 0 Å². The molecule has 1 aromatic rings. The Kier molecular flexibility index (Phi) is 4.95. The summed E-state index contributed by atoms with van der Waals surface area (Å²) in [6.45, 7) is 3.10. The number of benzene rings is 1. The maximum absolute atomic E-state index is 12.9. The van der Waals surface area contributed by atoms with E-state index in [0.29, 0.717) is 5.56 Å². The number of ketones is 1. The molecule has 0 aliphatic heterocycles. The molecule has 18 heavy (non-hydrogen) atoms. The smallest absolute Gasteiger partial charge is 0.338 e. The Bertz CT molecular complexity index is 456. The van der Waals surface area contributed by atoms with Crippen LogP contribution in [-0.4, -0.2) is 18.4 Å². The highest BCUT2D eigenvalue weighted by molar-refractivity contribution is 5.91. The molecule has 0 aromatic heterocycles. The second-order valence-electron chi connectivity index (χ2n) is 3.82. The van der Waals surface area contributed by atoms with Crippen LogP contribution in [0.5, 0.6) is 0 Å². The number of carbonyl (C=O) groups is 2. The fraction of sp³-hybridized carbons (Fsp3) is 0.385. The summed E-state index contributed by atoms with van der Waals surface area (Å²) in [5.74, 6) is -0.902. The van der Waals surface area contributed by atoms with E-state index in [1.54, 1.807) is 6.92 Å². The lowest BCUT2D eigenvalue weighted by Gasteiger charge is -2.10. The predicted molar refractivity (Wildman–Crippen MR) is 61.7 cm³/mol. The van der Waals surface area contributed by atoms with Crippen LogP contribution in [0.15, 0.2) is 18.2 Å². The fourth-order valence-corrected chi connectivity index (χ4v) is 1.58. The summed E-state index contributed by atoms with van der Waals surface area (Å²) in [5.41, 5.74) is -0.0859. The monoisotopic (exact) mass is 256 g/mol.